The quantitative estimate of drug-likeness (QED) is 0.778. The lowest BCUT2D eigenvalue weighted by atomic mass is 10.1. The number of hydrogen-bond donors (Lipinski definition) is 1. The lowest BCUT2D eigenvalue weighted by Gasteiger charge is -2.11. The highest BCUT2D eigenvalue weighted by molar-refractivity contribution is 5.91. The molecule has 1 heterocycles. The SMILES string of the molecule is COc1ccc(CNc2cccc3ncccc23)cc1C. The van der Waals surface area contributed by atoms with Crippen LogP contribution in [0.25, 0.3) is 10.9 Å². The van der Waals surface area contributed by atoms with Crippen molar-refractivity contribution in [3.8, 4) is 5.75 Å². The number of ether oxygens (including phenoxy) is 1. The number of methoxy groups -OCH3 is 1. The van der Waals surface area contributed by atoms with E-state index in [1.807, 2.05) is 30.5 Å². The van der Waals surface area contributed by atoms with Gasteiger partial charge in [-0.25, -0.2) is 0 Å². The standard InChI is InChI=1S/C18H18N2O/c1-13-11-14(8-9-18(13)21-2)12-20-17-7-3-6-16-15(17)5-4-10-19-16/h3-11,20H,12H2,1-2H3. The summed E-state index contributed by atoms with van der Waals surface area (Å²) in [5, 5.41) is 4.63. The smallest absolute Gasteiger partial charge is 0.121 e. The van der Waals surface area contributed by atoms with Gasteiger partial charge in [0.05, 0.1) is 12.6 Å². The number of aryl methyl sites for hydroxylation is 1. The van der Waals surface area contributed by atoms with Gasteiger partial charge >= 0.3 is 0 Å². The molecule has 0 radical (unpaired) electrons. The number of benzene rings is 2. The van der Waals surface area contributed by atoms with Crippen LogP contribution >= 0.6 is 0 Å². The molecule has 0 spiro atoms. The van der Waals surface area contributed by atoms with Crippen molar-refractivity contribution in [1.82, 2.24) is 4.98 Å². The molecule has 0 bridgehead atoms. The maximum atomic E-state index is 5.29. The zero-order valence-corrected chi connectivity index (χ0v) is 12.3. The summed E-state index contributed by atoms with van der Waals surface area (Å²) in [7, 11) is 1.70. The van der Waals surface area contributed by atoms with Crippen LogP contribution in [0.1, 0.15) is 11.1 Å². The monoisotopic (exact) mass is 278 g/mol. The molecule has 1 aromatic heterocycles. The predicted molar refractivity (Wildman–Crippen MR) is 86.8 cm³/mol. The molecule has 3 nitrogen and oxygen atoms in total. The highest BCUT2D eigenvalue weighted by Gasteiger charge is 2.03. The van der Waals surface area contributed by atoms with E-state index in [4.69, 9.17) is 4.74 Å². The molecule has 0 atom stereocenters. The molecule has 0 saturated heterocycles. The van der Waals surface area contributed by atoms with Crippen molar-refractivity contribution in [2.24, 2.45) is 0 Å². The van der Waals surface area contributed by atoms with E-state index in [0.29, 0.717) is 0 Å². The van der Waals surface area contributed by atoms with Gasteiger partial charge in [0.1, 0.15) is 5.75 Å². The predicted octanol–water partition coefficient (Wildman–Crippen LogP) is 4.16. The molecule has 3 heteroatoms. The van der Waals surface area contributed by atoms with Gasteiger partial charge in [-0.2, -0.15) is 0 Å². The summed E-state index contributed by atoms with van der Waals surface area (Å²) in [6, 6.07) is 16.4. The molecule has 21 heavy (non-hydrogen) atoms. The van der Waals surface area contributed by atoms with E-state index in [2.05, 4.69) is 41.5 Å². The first-order chi connectivity index (χ1) is 10.3. The Bertz CT molecular complexity index is 763. The van der Waals surface area contributed by atoms with E-state index in [9.17, 15) is 0 Å². The average molecular weight is 278 g/mol. The third-order valence-electron chi connectivity index (χ3n) is 3.59. The third-order valence-corrected chi connectivity index (χ3v) is 3.59. The Morgan fingerprint density at radius 3 is 2.81 bits per heavy atom. The molecule has 1 N–H and O–H groups in total. The van der Waals surface area contributed by atoms with E-state index in [-0.39, 0.29) is 0 Å². The van der Waals surface area contributed by atoms with E-state index in [0.717, 1.165) is 34.4 Å². The summed E-state index contributed by atoms with van der Waals surface area (Å²) in [5.74, 6) is 0.924. The number of anilines is 1. The fourth-order valence-corrected chi connectivity index (χ4v) is 2.51. The minimum Gasteiger partial charge on any atom is -0.496 e. The summed E-state index contributed by atoms with van der Waals surface area (Å²) >= 11 is 0. The van der Waals surface area contributed by atoms with E-state index in [1.54, 1.807) is 7.11 Å². The Kier molecular flexibility index (Phi) is 3.73. The molecule has 0 fully saturated rings. The van der Waals surface area contributed by atoms with Crippen molar-refractivity contribution >= 4 is 16.6 Å². The van der Waals surface area contributed by atoms with Crippen LogP contribution in [0.15, 0.2) is 54.7 Å². The number of hydrogen-bond acceptors (Lipinski definition) is 3. The largest absolute Gasteiger partial charge is 0.496 e. The molecule has 106 valence electrons. The van der Waals surface area contributed by atoms with Gasteiger partial charge in [0.25, 0.3) is 0 Å². The maximum absolute atomic E-state index is 5.29. The van der Waals surface area contributed by atoms with Crippen molar-refractivity contribution in [1.29, 1.82) is 0 Å². The summed E-state index contributed by atoms with van der Waals surface area (Å²) < 4.78 is 5.29. The normalized spacial score (nSPS) is 10.6. The highest BCUT2D eigenvalue weighted by Crippen LogP contribution is 2.23. The van der Waals surface area contributed by atoms with Crippen molar-refractivity contribution < 1.29 is 4.74 Å². The number of nitrogens with zero attached hydrogens (tertiary/aromatic N) is 1. The number of nitrogens with one attached hydrogen (secondary N) is 1. The zero-order valence-electron chi connectivity index (χ0n) is 12.3. The summed E-state index contributed by atoms with van der Waals surface area (Å²) in [4.78, 5) is 4.38. The number of aromatic nitrogens is 1. The fraction of sp³-hybridized carbons (Fsp3) is 0.167. The van der Waals surface area contributed by atoms with Gasteiger partial charge in [0.15, 0.2) is 0 Å². The Morgan fingerprint density at radius 2 is 2.00 bits per heavy atom. The summed E-state index contributed by atoms with van der Waals surface area (Å²) in [6.07, 6.45) is 1.82. The second kappa shape index (κ2) is 5.83. The molecule has 0 aliphatic rings. The van der Waals surface area contributed by atoms with Crippen molar-refractivity contribution in [3.63, 3.8) is 0 Å². The van der Waals surface area contributed by atoms with Crippen LogP contribution in [-0.4, -0.2) is 12.1 Å². The Hall–Kier alpha value is -2.55. The van der Waals surface area contributed by atoms with Crippen LogP contribution < -0.4 is 10.1 Å². The molecule has 0 aliphatic heterocycles. The lowest BCUT2D eigenvalue weighted by Crippen LogP contribution is -2.01. The Balaban J connectivity index is 1.82. The third kappa shape index (κ3) is 2.82. The van der Waals surface area contributed by atoms with Crippen LogP contribution in [-0.2, 0) is 6.54 Å². The number of pyridine rings is 1. The van der Waals surface area contributed by atoms with Crippen molar-refractivity contribution in [2.75, 3.05) is 12.4 Å². The second-order valence-corrected chi connectivity index (χ2v) is 5.03. The van der Waals surface area contributed by atoms with Gasteiger partial charge in [-0.05, 0) is 48.4 Å². The molecule has 0 saturated carbocycles. The van der Waals surface area contributed by atoms with Crippen LogP contribution in [0, 0.1) is 6.92 Å². The second-order valence-electron chi connectivity index (χ2n) is 5.03. The van der Waals surface area contributed by atoms with Gasteiger partial charge in [0.2, 0.25) is 0 Å². The van der Waals surface area contributed by atoms with E-state index in [1.165, 1.54) is 5.56 Å². The molecule has 2 aromatic carbocycles. The fourth-order valence-electron chi connectivity index (χ4n) is 2.51. The van der Waals surface area contributed by atoms with Gasteiger partial charge in [0, 0.05) is 23.8 Å². The van der Waals surface area contributed by atoms with Crippen molar-refractivity contribution in [2.45, 2.75) is 13.5 Å². The van der Waals surface area contributed by atoms with Crippen molar-refractivity contribution in [3.05, 3.63) is 65.9 Å². The molecular formula is C18H18N2O. The summed E-state index contributed by atoms with van der Waals surface area (Å²) in [5.41, 5.74) is 4.49. The van der Waals surface area contributed by atoms with Gasteiger partial charge in [-0.3, -0.25) is 4.98 Å². The van der Waals surface area contributed by atoms with Crippen LogP contribution in [0.4, 0.5) is 5.69 Å². The maximum Gasteiger partial charge on any atom is 0.121 e. The topological polar surface area (TPSA) is 34.1 Å². The molecule has 3 rings (SSSR count). The van der Waals surface area contributed by atoms with Gasteiger partial charge in [-0.1, -0.05) is 18.2 Å². The Morgan fingerprint density at radius 1 is 1.10 bits per heavy atom. The molecule has 0 aliphatic carbocycles. The summed E-state index contributed by atoms with van der Waals surface area (Å²) in [6.45, 7) is 2.84. The molecule has 0 unspecified atom stereocenters. The molecular weight excluding hydrogens is 260 g/mol. The zero-order chi connectivity index (χ0) is 14.7. The first kappa shape index (κ1) is 13.4. The van der Waals surface area contributed by atoms with Crippen LogP contribution in [0.2, 0.25) is 0 Å². The van der Waals surface area contributed by atoms with Crippen LogP contribution in [0.5, 0.6) is 5.75 Å². The number of rotatable bonds is 4. The minimum absolute atomic E-state index is 0.777. The van der Waals surface area contributed by atoms with E-state index < -0.39 is 0 Å². The lowest BCUT2D eigenvalue weighted by molar-refractivity contribution is 0.411. The first-order valence-electron chi connectivity index (χ1n) is 6.99. The van der Waals surface area contributed by atoms with E-state index >= 15 is 0 Å². The van der Waals surface area contributed by atoms with Crippen LogP contribution in [0.3, 0.4) is 0 Å². The number of fused-ring (bicyclic) bond motifs is 1. The average Bonchev–Trinajstić information content (AvgIpc) is 2.53. The molecule has 0 amide bonds. The van der Waals surface area contributed by atoms with Gasteiger partial charge < -0.3 is 10.1 Å². The highest BCUT2D eigenvalue weighted by atomic mass is 16.5. The Labute approximate surface area is 124 Å². The molecule has 3 aromatic rings. The first-order valence-corrected chi connectivity index (χ1v) is 6.99. The van der Waals surface area contributed by atoms with Gasteiger partial charge in [-0.15, -0.1) is 0 Å². The minimum atomic E-state index is 0.777.